The highest BCUT2D eigenvalue weighted by atomic mass is 35.5. The first-order chi connectivity index (χ1) is 4.84. The second-order valence-corrected chi connectivity index (χ2v) is 1.46. The fraction of sp³-hybridized carbons (Fsp3) is 0.400. The number of carbonyl (C=O) groups is 1. The fourth-order valence-electron chi connectivity index (χ4n) is 0.455. The predicted molar refractivity (Wildman–Crippen MR) is 37.5 cm³/mol. The molecule has 1 heterocycles. The molecule has 0 radical (unpaired) electrons. The van der Waals surface area contributed by atoms with Gasteiger partial charge in [-0.1, -0.05) is 0 Å². The Hall–Kier alpha value is -1.10. The molecule has 0 amide bonds. The highest BCUT2D eigenvalue weighted by Gasteiger charge is 2.10. The zero-order valence-corrected chi connectivity index (χ0v) is 6.63. The van der Waals surface area contributed by atoms with Gasteiger partial charge in [-0.3, -0.25) is 0 Å². The van der Waals surface area contributed by atoms with Crippen LogP contribution in [0.5, 0.6) is 0 Å². The summed E-state index contributed by atoms with van der Waals surface area (Å²) in [5.41, 5.74) is 0. The summed E-state index contributed by atoms with van der Waals surface area (Å²) < 4.78 is 9.10. The predicted octanol–water partition coefficient (Wildman–Crippen LogP) is 0.668. The van der Waals surface area contributed by atoms with Gasteiger partial charge in [0, 0.05) is 0 Å². The van der Waals surface area contributed by atoms with Crippen molar-refractivity contribution in [3.05, 3.63) is 12.3 Å². The van der Waals surface area contributed by atoms with E-state index in [9.17, 15) is 4.79 Å². The first kappa shape index (κ1) is 9.90. The van der Waals surface area contributed by atoms with Gasteiger partial charge in [0.2, 0.25) is 6.39 Å². The van der Waals surface area contributed by atoms with Crippen LogP contribution in [0.1, 0.15) is 17.6 Å². The highest BCUT2D eigenvalue weighted by Crippen LogP contribution is 1.93. The van der Waals surface area contributed by atoms with E-state index in [1.807, 2.05) is 0 Å². The Labute approximate surface area is 69.2 Å². The summed E-state index contributed by atoms with van der Waals surface area (Å²) in [6, 6.07) is 0. The highest BCUT2D eigenvalue weighted by molar-refractivity contribution is 5.85. The van der Waals surface area contributed by atoms with Crippen LogP contribution in [-0.4, -0.2) is 22.8 Å². The lowest BCUT2D eigenvalue weighted by Crippen LogP contribution is -2.04. The third-order valence-corrected chi connectivity index (χ3v) is 0.810. The number of rotatable bonds is 2. The second-order valence-electron chi connectivity index (χ2n) is 1.46. The standard InChI is InChI=1S/C5H6N2O3.ClH/c1-2-9-5(8)4-7-6-3-10-4;/h3H,2H2,1H3;1H. The second kappa shape index (κ2) is 4.68. The molecule has 0 aliphatic heterocycles. The van der Waals surface area contributed by atoms with E-state index < -0.39 is 5.97 Å². The largest absolute Gasteiger partial charge is 0.459 e. The van der Waals surface area contributed by atoms with Crippen molar-refractivity contribution in [2.75, 3.05) is 6.61 Å². The molecule has 0 spiro atoms. The summed E-state index contributed by atoms with van der Waals surface area (Å²) >= 11 is 0. The van der Waals surface area contributed by atoms with Crippen LogP contribution in [0.15, 0.2) is 10.8 Å². The first-order valence-electron chi connectivity index (χ1n) is 2.78. The van der Waals surface area contributed by atoms with E-state index in [4.69, 9.17) is 0 Å². The molecular formula is C5H7ClN2O3. The molecule has 1 aromatic heterocycles. The summed E-state index contributed by atoms with van der Waals surface area (Å²) in [7, 11) is 0. The zero-order chi connectivity index (χ0) is 7.40. The van der Waals surface area contributed by atoms with Crippen LogP contribution >= 0.6 is 12.4 Å². The van der Waals surface area contributed by atoms with E-state index >= 15 is 0 Å². The first-order valence-corrected chi connectivity index (χ1v) is 2.78. The quantitative estimate of drug-likeness (QED) is 0.623. The van der Waals surface area contributed by atoms with Crippen LogP contribution in [0, 0.1) is 0 Å². The van der Waals surface area contributed by atoms with Gasteiger partial charge < -0.3 is 9.15 Å². The molecule has 0 unspecified atom stereocenters. The Kier molecular flexibility index (Phi) is 4.21. The van der Waals surface area contributed by atoms with Crippen LogP contribution in [-0.2, 0) is 4.74 Å². The molecule has 6 heteroatoms. The molecule has 0 aromatic carbocycles. The van der Waals surface area contributed by atoms with E-state index in [1.165, 1.54) is 0 Å². The molecule has 11 heavy (non-hydrogen) atoms. The number of halogens is 1. The Balaban J connectivity index is 0.000001000. The van der Waals surface area contributed by atoms with Crippen LogP contribution in [0.3, 0.4) is 0 Å². The Morgan fingerprint density at radius 2 is 2.55 bits per heavy atom. The lowest BCUT2D eigenvalue weighted by molar-refractivity contribution is 0.0480. The molecule has 0 saturated heterocycles. The average Bonchev–Trinajstić information content (AvgIpc) is 2.38. The van der Waals surface area contributed by atoms with Crippen molar-refractivity contribution in [1.82, 2.24) is 10.2 Å². The maximum absolute atomic E-state index is 10.7. The van der Waals surface area contributed by atoms with Crippen LogP contribution in [0.25, 0.3) is 0 Å². The van der Waals surface area contributed by atoms with Crippen molar-refractivity contribution < 1.29 is 13.9 Å². The van der Waals surface area contributed by atoms with E-state index in [1.54, 1.807) is 6.92 Å². The third-order valence-electron chi connectivity index (χ3n) is 0.810. The van der Waals surface area contributed by atoms with Gasteiger partial charge in [-0.15, -0.1) is 22.6 Å². The number of nitrogens with zero attached hydrogens (tertiary/aromatic N) is 2. The molecule has 0 fully saturated rings. The molecule has 0 N–H and O–H groups in total. The summed E-state index contributed by atoms with van der Waals surface area (Å²) in [6.07, 6.45) is 1.08. The van der Waals surface area contributed by atoms with Crippen LogP contribution in [0.4, 0.5) is 0 Å². The Bertz CT molecular complexity index is 212. The molecule has 0 atom stereocenters. The van der Waals surface area contributed by atoms with Crippen molar-refractivity contribution in [3.63, 3.8) is 0 Å². The monoisotopic (exact) mass is 178 g/mol. The molecular weight excluding hydrogens is 172 g/mol. The summed E-state index contributed by atoms with van der Waals surface area (Å²) in [5.74, 6) is -0.693. The smallest absolute Gasteiger partial charge is 0.396 e. The van der Waals surface area contributed by atoms with Gasteiger partial charge >= 0.3 is 11.9 Å². The van der Waals surface area contributed by atoms with Crippen LogP contribution < -0.4 is 0 Å². The third kappa shape index (κ3) is 2.55. The minimum Gasteiger partial charge on any atom is -0.459 e. The summed E-state index contributed by atoms with van der Waals surface area (Å²) in [5, 5.41) is 6.65. The number of aromatic nitrogens is 2. The van der Waals surface area contributed by atoms with Crippen molar-refractivity contribution in [3.8, 4) is 0 Å². The number of carbonyl (C=O) groups excluding carboxylic acids is 1. The number of esters is 1. The molecule has 62 valence electrons. The van der Waals surface area contributed by atoms with E-state index in [0.29, 0.717) is 6.61 Å². The maximum atomic E-state index is 10.7. The number of hydrogen-bond donors (Lipinski definition) is 0. The zero-order valence-electron chi connectivity index (χ0n) is 5.81. The van der Waals surface area contributed by atoms with E-state index in [-0.39, 0.29) is 18.3 Å². The van der Waals surface area contributed by atoms with Gasteiger partial charge in [-0.25, -0.2) is 4.79 Å². The van der Waals surface area contributed by atoms with Gasteiger partial charge in [-0.05, 0) is 6.92 Å². The molecule has 0 saturated carbocycles. The van der Waals surface area contributed by atoms with Gasteiger partial charge in [0.25, 0.3) is 0 Å². The average molecular weight is 179 g/mol. The van der Waals surface area contributed by atoms with Crippen molar-refractivity contribution in [1.29, 1.82) is 0 Å². The lowest BCUT2D eigenvalue weighted by atomic mass is 10.7. The molecule has 1 aromatic rings. The topological polar surface area (TPSA) is 65.2 Å². The van der Waals surface area contributed by atoms with Gasteiger partial charge in [0.05, 0.1) is 6.61 Å². The Morgan fingerprint density at radius 3 is 3.00 bits per heavy atom. The maximum Gasteiger partial charge on any atom is 0.396 e. The lowest BCUT2D eigenvalue weighted by Gasteiger charge is -1.92. The molecule has 0 aliphatic carbocycles. The minimum atomic E-state index is -0.583. The number of ether oxygens (including phenoxy) is 1. The SMILES string of the molecule is CCOC(=O)c1nnco1.Cl. The van der Waals surface area contributed by atoms with Crippen molar-refractivity contribution in [2.45, 2.75) is 6.92 Å². The number of hydrogen-bond acceptors (Lipinski definition) is 5. The minimum absolute atomic E-state index is 0. The van der Waals surface area contributed by atoms with Gasteiger partial charge in [0.1, 0.15) is 0 Å². The molecule has 1 rings (SSSR count). The normalized spacial score (nSPS) is 8.45. The van der Waals surface area contributed by atoms with Crippen LogP contribution in [0.2, 0.25) is 0 Å². The molecule has 0 bridgehead atoms. The van der Waals surface area contributed by atoms with Gasteiger partial charge in [0.15, 0.2) is 0 Å². The van der Waals surface area contributed by atoms with E-state index in [2.05, 4.69) is 19.4 Å². The summed E-state index contributed by atoms with van der Waals surface area (Å²) in [4.78, 5) is 10.7. The molecule has 0 aliphatic rings. The Morgan fingerprint density at radius 1 is 1.82 bits per heavy atom. The molecule has 5 nitrogen and oxygen atoms in total. The van der Waals surface area contributed by atoms with Crippen molar-refractivity contribution >= 4 is 18.4 Å². The van der Waals surface area contributed by atoms with E-state index in [0.717, 1.165) is 6.39 Å². The summed E-state index contributed by atoms with van der Waals surface area (Å²) in [6.45, 7) is 2.01. The van der Waals surface area contributed by atoms with Crippen molar-refractivity contribution in [2.24, 2.45) is 0 Å². The van der Waals surface area contributed by atoms with Gasteiger partial charge in [-0.2, -0.15) is 0 Å². The fourth-order valence-corrected chi connectivity index (χ4v) is 0.455.